The molecule has 0 saturated heterocycles. The molecule has 0 amide bonds. The van der Waals surface area contributed by atoms with Crippen LogP contribution in [0.2, 0.25) is 0 Å². The van der Waals surface area contributed by atoms with Crippen molar-refractivity contribution in [2.45, 2.75) is 38.8 Å². The van der Waals surface area contributed by atoms with E-state index < -0.39 is 11.6 Å². The first-order chi connectivity index (χ1) is 8.90. The lowest BCUT2D eigenvalue weighted by Gasteiger charge is -2.19. The fourth-order valence-corrected chi connectivity index (χ4v) is 1.41. The number of terminal acetylenes is 1. The second-order valence-corrected chi connectivity index (χ2v) is 5.16. The van der Waals surface area contributed by atoms with E-state index in [4.69, 9.17) is 11.2 Å². The maximum absolute atomic E-state index is 11.6. The molecule has 19 heavy (non-hydrogen) atoms. The summed E-state index contributed by atoms with van der Waals surface area (Å²) in [6.07, 6.45) is 7.15. The van der Waals surface area contributed by atoms with Crippen LogP contribution in [0.5, 0.6) is 0 Å². The first kappa shape index (κ1) is 15.0. The molecule has 0 heterocycles. The second kappa shape index (κ2) is 6.75. The molecule has 3 heteroatoms. The predicted molar refractivity (Wildman–Crippen MR) is 77.1 cm³/mol. The van der Waals surface area contributed by atoms with E-state index in [9.17, 15) is 4.79 Å². The molecular weight excluding hydrogens is 238 g/mol. The molecule has 0 spiro atoms. The number of aliphatic imine (C=N–C) groups is 1. The van der Waals surface area contributed by atoms with Gasteiger partial charge in [0.05, 0.1) is 6.42 Å². The van der Waals surface area contributed by atoms with E-state index in [0.29, 0.717) is 0 Å². The molecule has 0 saturated carbocycles. The highest BCUT2D eigenvalue weighted by molar-refractivity contribution is 5.80. The van der Waals surface area contributed by atoms with Crippen LogP contribution in [-0.4, -0.2) is 23.8 Å². The SMILES string of the molecule is C#CC(CC(=O)OC(C)(C)C)N=Cc1ccccc1. The van der Waals surface area contributed by atoms with Crippen LogP contribution in [0.1, 0.15) is 32.8 Å². The summed E-state index contributed by atoms with van der Waals surface area (Å²) in [5.74, 6) is 2.16. The molecule has 1 atom stereocenters. The minimum Gasteiger partial charge on any atom is -0.460 e. The summed E-state index contributed by atoms with van der Waals surface area (Å²) in [5, 5.41) is 0. The molecule has 3 nitrogen and oxygen atoms in total. The molecule has 0 aromatic heterocycles. The number of rotatable bonds is 4. The van der Waals surface area contributed by atoms with Crippen molar-refractivity contribution in [3.63, 3.8) is 0 Å². The number of hydrogen-bond acceptors (Lipinski definition) is 3. The van der Waals surface area contributed by atoms with Gasteiger partial charge in [0.2, 0.25) is 0 Å². The Bertz CT molecular complexity index is 478. The van der Waals surface area contributed by atoms with Gasteiger partial charge in [-0.2, -0.15) is 0 Å². The number of carbonyl (C=O) groups is 1. The smallest absolute Gasteiger partial charge is 0.309 e. The third-order valence-corrected chi connectivity index (χ3v) is 2.18. The predicted octanol–water partition coefficient (Wildman–Crippen LogP) is 2.84. The lowest BCUT2D eigenvalue weighted by Crippen LogP contribution is -2.25. The first-order valence-electron chi connectivity index (χ1n) is 6.17. The van der Waals surface area contributed by atoms with Gasteiger partial charge in [-0.25, -0.2) is 0 Å². The summed E-state index contributed by atoms with van der Waals surface area (Å²) in [5.41, 5.74) is 0.450. The molecule has 1 rings (SSSR count). The quantitative estimate of drug-likeness (QED) is 0.472. The second-order valence-electron chi connectivity index (χ2n) is 5.16. The van der Waals surface area contributed by atoms with Gasteiger partial charge in [-0.3, -0.25) is 9.79 Å². The minimum absolute atomic E-state index is 0.0943. The van der Waals surface area contributed by atoms with Gasteiger partial charge in [0.15, 0.2) is 0 Å². The van der Waals surface area contributed by atoms with Crippen LogP contribution in [-0.2, 0) is 9.53 Å². The lowest BCUT2D eigenvalue weighted by molar-refractivity contribution is -0.154. The average Bonchev–Trinajstić information content (AvgIpc) is 2.33. The van der Waals surface area contributed by atoms with E-state index in [1.807, 2.05) is 51.1 Å². The molecule has 100 valence electrons. The Morgan fingerprint density at radius 2 is 2.05 bits per heavy atom. The summed E-state index contributed by atoms with van der Waals surface area (Å²) >= 11 is 0. The average molecular weight is 257 g/mol. The molecule has 1 aromatic rings. The molecule has 0 fully saturated rings. The number of benzene rings is 1. The lowest BCUT2D eigenvalue weighted by atomic mass is 10.1. The van der Waals surface area contributed by atoms with E-state index >= 15 is 0 Å². The van der Waals surface area contributed by atoms with Crippen molar-refractivity contribution < 1.29 is 9.53 Å². The summed E-state index contributed by atoms with van der Waals surface area (Å²) in [6, 6.07) is 9.11. The normalized spacial score (nSPS) is 12.9. The van der Waals surface area contributed by atoms with Crippen LogP contribution in [0, 0.1) is 12.3 Å². The van der Waals surface area contributed by atoms with Crippen LogP contribution in [0.3, 0.4) is 0 Å². The van der Waals surface area contributed by atoms with Crippen molar-refractivity contribution in [2.75, 3.05) is 0 Å². The standard InChI is InChI=1S/C16H19NO2/c1-5-14(11-15(18)19-16(2,3)4)17-12-13-9-7-6-8-10-13/h1,6-10,12,14H,11H2,2-4H3. The van der Waals surface area contributed by atoms with Gasteiger partial charge < -0.3 is 4.74 Å². The Hall–Kier alpha value is -2.08. The number of hydrogen-bond donors (Lipinski definition) is 0. The van der Waals surface area contributed by atoms with E-state index in [-0.39, 0.29) is 12.4 Å². The van der Waals surface area contributed by atoms with Gasteiger partial charge in [0, 0.05) is 6.21 Å². The Morgan fingerprint density at radius 3 is 2.58 bits per heavy atom. The third kappa shape index (κ3) is 6.42. The van der Waals surface area contributed by atoms with Crippen molar-refractivity contribution in [3.05, 3.63) is 35.9 Å². The fourth-order valence-electron chi connectivity index (χ4n) is 1.41. The van der Waals surface area contributed by atoms with E-state index in [2.05, 4.69) is 10.9 Å². The van der Waals surface area contributed by atoms with Gasteiger partial charge in [0.1, 0.15) is 11.6 Å². The Morgan fingerprint density at radius 1 is 1.42 bits per heavy atom. The first-order valence-corrected chi connectivity index (χ1v) is 6.17. The van der Waals surface area contributed by atoms with Gasteiger partial charge in [-0.05, 0) is 26.3 Å². The van der Waals surface area contributed by atoms with Gasteiger partial charge in [0.25, 0.3) is 0 Å². The van der Waals surface area contributed by atoms with Gasteiger partial charge in [-0.15, -0.1) is 6.42 Å². The van der Waals surface area contributed by atoms with E-state index in [1.165, 1.54) is 0 Å². The third-order valence-electron chi connectivity index (χ3n) is 2.18. The monoisotopic (exact) mass is 257 g/mol. The fraction of sp³-hybridized carbons (Fsp3) is 0.375. The Kier molecular flexibility index (Phi) is 5.32. The van der Waals surface area contributed by atoms with Crippen molar-refractivity contribution in [2.24, 2.45) is 4.99 Å². The van der Waals surface area contributed by atoms with Crippen molar-refractivity contribution in [3.8, 4) is 12.3 Å². The number of ether oxygens (including phenoxy) is 1. The number of nitrogens with zero attached hydrogens (tertiary/aromatic N) is 1. The molecule has 0 N–H and O–H groups in total. The zero-order valence-corrected chi connectivity index (χ0v) is 11.6. The summed E-state index contributed by atoms with van der Waals surface area (Å²) in [4.78, 5) is 15.9. The van der Waals surface area contributed by atoms with Crippen molar-refractivity contribution >= 4 is 12.2 Å². The molecular formula is C16H19NO2. The molecule has 1 aromatic carbocycles. The maximum atomic E-state index is 11.6. The van der Waals surface area contributed by atoms with Gasteiger partial charge >= 0.3 is 5.97 Å². The van der Waals surface area contributed by atoms with Crippen LogP contribution in [0.25, 0.3) is 0 Å². The van der Waals surface area contributed by atoms with Crippen LogP contribution in [0.15, 0.2) is 35.3 Å². The minimum atomic E-state index is -0.501. The topological polar surface area (TPSA) is 38.7 Å². The zero-order valence-electron chi connectivity index (χ0n) is 11.6. The summed E-state index contributed by atoms with van der Waals surface area (Å²) in [6.45, 7) is 5.47. The number of esters is 1. The maximum Gasteiger partial charge on any atom is 0.309 e. The van der Waals surface area contributed by atoms with Crippen LogP contribution >= 0.6 is 0 Å². The van der Waals surface area contributed by atoms with E-state index in [1.54, 1.807) is 6.21 Å². The molecule has 0 radical (unpaired) electrons. The molecule has 0 aliphatic carbocycles. The van der Waals surface area contributed by atoms with E-state index in [0.717, 1.165) is 5.56 Å². The van der Waals surface area contributed by atoms with Gasteiger partial charge in [-0.1, -0.05) is 36.3 Å². The molecule has 0 aliphatic heterocycles. The number of carbonyl (C=O) groups excluding carboxylic acids is 1. The molecule has 1 unspecified atom stereocenters. The Labute approximate surface area is 114 Å². The highest BCUT2D eigenvalue weighted by Gasteiger charge is 2.18. The highest BCUT2D eigenvalue weighted by Crippen LogP contribution is 2.10. The Balaban J connectivity index is 2.58. The molecule has 0 aliphatic rings. The summed E-state index contributed by atoms with van der Waals surface area (Å²) < 4.78 is 5.21. The van der Waals surface area contributed by atoms with Crippen molar-refractivity contribution in [1.82, 2.24) is 0 Å². The van der Waals surface area contributed by atoms with Crippen LogP contribution in [0.4, 0.5) is 0 Å². The van der Waals surface area contributed by atoms with Crippen molar-refractivity contribution in [1.29, 1.82) is 0 Å². The van der Waals surface area contributed by atoms with Crippen LogP contribution < -0.4 is 0 Å². The highest BCUT2D eigenvalue weighted by atomic mass is 16.6. The molecule has 0 bridgehead atoms. The summed E-state index contributed by atoms with van der Waals surface area (Å²) in [7, 11) is 0. The zero-order chi connectivity index (χ0) is 14.3. The largest absolute Gasteiger partial charge is 0.460 e.